The standard InChI is InChI=1S/C21H19FN4O/c1-15-4-2-6-19(12-15)25-21(24-14-16-5-3-11-23-13-16)26-20(27)17-7-9-18(22)10-8-17/h2-13H,14H2,1H3,(H2,24,25,26,27). The van der Waals surface area contributed by atoms with Gasteiger partial charge in [0.25, 0.3) is 5.91 Å². The van der Waals surface area contributed by atoms with Crippen LogP contribution in [-0.4, -0.2) is 16.9 Å². The molecule has 0 spiro atoms. The fraction of sp³-hybridized carbons (Fsp3) is 0.0952. The third kappa shape index (κ3) is 5.47. The highest BCUT2D eigenvalue weighted by molar-refractivity contribution is 6.09. The lowest BCUT2D eigenvalue weighted by Crippen LogP contribution is -2.36. The van der Waals surface area contributed by atoms with E-state index < -0.39 is 5.82 Å². The summed E-state index contributed by atoms with van der Waals surface area (Å²) < 4.78 is 13.1. The van der Waals surface area contributed by atoms with Crippen LogP contribution in [-0.2, 0) is 6.54 Å². The number of aryl methyl sites for hydroxylation is 1. The van der Waals surface area contributed by atoms with Gasteiger partial charge in [-0.1, -0.05) is 18.2 Å². The Morgan fingerprint density at radius 2 is 1.93 bits per heavy atom. The molecule has 0 atom stereocenters. The van der Waals surface area contributed by atoms with Crippen molar-refractivity contribution >= 4 is 17.6 Å². The van der Waals surface area contributed by atoms with Gasteiger partial charge in [-0.2, -0.15) is 0 Å². The molecule has 2 N–H and O–H groups in total. The molecule has 5 nitrogen and oxygen atoms in total. The molecule has 0 unspecified atom stereocenters. The number of guanidine groups is 1. The first-order valence-electron chi connectivity index (χ1n) is 8.44. The molecule has 0 saturated heterocycles. The second-order valence-electron chi connectivity index (χ2n) is 5.98. The van der Waals surface area contributed by atoms with E-state index in [4.69, 9.17) is 0 Å². The Labute approximate surface area is 157 Å². The lowest BCUT2D eigenvalue weighted by molar-refractivity contribution is 0.0977. The summed E-state index contributed by atoms with van der Waals surface area (Å²) in [4.78, 5) is 21.0. The van der Waals surface area contributed by atoms with Gasteiger partial charge in [0.15, 0.2) is 0 Å². The van der Waals surface area contributed by atoms with Gasteiger partial charge in [-0.05, 0) is 60.5 Å². The van der Waals surface area contributed by atoms with Gasteiger partial charge in [-0.25, -0.2) is 9.38 Å². The molecule has 0 bridgehead atoms. The SMILES string of the molecule is Cc1cccc(NC(=NCc2cccnc2)NC(=O)c2ccc(F)cc2)c1. The first-order chi connectivity index (χ1) is 13.1. The lowest BCUT2D eigenvalue weighted by Gasteiger charge is -2.12. The van der Waals surface area contributed by atoms with E-state index in [9.17, 15) is 9.18 Å². The summed E-state index contributed by atoms with van der Waals surface area (Å²) in [5.74, 6) is -0.464. The molecule has 27 heavy (non-hydrogen) atoms. The van der Waals surface area contributed by atoms with Crippen LogP contribution >= 0.6 is 0 Å². The summed E-state index contributed by atoms with van der Waals surface area (Å²) in [6.45, 7) is 2.33. The third-order valence-electron chi connectivity index (χ3n) is 3.76. The van der Waals surface area contributed by atoms with E-state index in [1.54, 1.807) is 12.4 Å². The molecule has 136 valence electrons. The molecule has 6 heteroatoms. The van der Waals surface area contributed by atoms with E-state index >= 15 is 0 Å². The fourth-order valence-corrected chi connectivity index (χ4v) is 2.41. The Bertz CT molecular complexity index is 940. The molecule has 1 amide bonds. The molecule has 3 aromatic rings. The van der Waals surface area contributed by atoms with Crippen LogP contribution in [0.3, 0.4) is 0 Å². The van der Waals surface area contributed by atoms with Gasteiger partial charge in [0.05, 0.1) is 6.54 Å². The Balaban J connectivity index is 1.79. The van der Waals surface area contributed by atoms with Gasteiger partial charge in [0.1, 0.15) is 5.82 Å². The van der Waals surface area contributed by atoms with Crippen molar-refractivity contribution in [1.82, 2.24) is 10.3 Å². The van der Waals surface area contributed by atoms with E-state index in [1.807, 2.05) is 43.3 Å². The molecule has 3 rings (SSSR count). The highest BCUT2D eigenvalue weighted by Gasteiger charge is 2.10. The molecule has 0 aliphatic carbocycles. The molecule has 0 aliphatic heterocycles. The summed E-state index contributed by atoms with van der Waals surface area (Å²) in [6.07, 6.45) is 3.41. The van der Waals surface area contributed by atoms with E-state index in [0.29, 0.717) is 18.1 Å². The normalized spacial score (nSPS) is 11.1. The van der Waals surface area contributed by atoms with Crippen LogP contribution in [0.5, 0.6) is 0 Å². The number of hydrogen-bond acceptors (Lipinski definition) is 3. The number of nitrogens with zero attached hydrogens (tertiary/aromatic N) is 2. The van der Waals surface area contributed by atoms with Crippen molar-refractivity contribution in [3.63, 3.8) is 0 Å². The van der Waals surface area contributed by atoms with Crippen LogP contribution in [0.1, 0.15) is 21.5 Å². The van der Waals surface area contributed by atoms with Gasteiger partial charge >= 0.3 is 0 Å². The van der Waals surface area contributed by atoms with Gasteiger partial charge in [0.2, 0.25) is 5.96 Å². The van der Waals surface area contributed by atoms with Crippen molar-refractivity contribution in [2.24, 2.45) is 4.99 Å². The number of halogens is 1. The number of pyridine rings is 1. The molecular formula is C21H19FN4O. The molecule has 2 aromatic carbocycles. The zero-order chi connectivity index (χ0) is 19.1. The van der Waals surface area contributed by atoms with E-state index in [0.717, 1.165) is 16.8 Å². The average molecular weight is 362 g/mol. The van der Waals surface area contributed by atoms with Crippen LogP contribution in [0, 0.1) is 12.7 Å². The van der Waals surface area contributed by atoms with Crippen molar-refractivity contribution in [2.75, 3.05) is 5.32 Å². The summed E-state index contributed by atoms with van der Waals surface area (Å²) in [5.41, 5.74) is 3.14. The minimum absolute atomic E-state index is 0.304. The Morgan fingerprint density at radius 1 is 1.11 bits per heavy atom. The predicted molar refractivity (Wildman–Crippen MR) is 104 cm³/mol. The number of nitrogens with one attached hydrogen (secondary N) is 2. The van der Waals surface area contributed by atoms with E-state index in [1.165, 1.54) is 24.3 Å². The minimum atomic E-state index is -0.394. The Morgan fingerprint density at radius 3 is 2.63 bits per heavy atom. The number of aromatic nitrogens is 1. The summed E-state index contributed by atoms with van der Waals surface area (Å²) in [6, 6.07) is 16.8. The maximum absolute atomic E-state index is 13.1. The fourth-order valence-electron chi connectivity index (χ4n) is 2.41. The predicted octanol–water partition coefficient (Wildman–Crippen LogP) is 3.93. The monoisotopic (exact) mass is 362 g/mol. The largest absolute Gasteiger partial charge is 0.326 e. The van der Waals surface area contributed by atoms with Crippen LogP contribution in [0.4, 0.5) is 10.1 Å². The highest BCUT2D eigenvalue weighted by atomic mass is 19.1. The van der Waals surface area contributed by atoms with Crippen molar-refractivity contribution in [1.29, 1.82) is 0 Å². The maximum Gasteiger partial charge on any atom is 0.257 e. The number of benzene rings is 2. The number of amides is 1. The third-order valence-corrected chi connectivity index (χ3v) is 3.76. The number of anilines is 1. The van der Waals surface area contributed by atoms with Gasteiger partial charge < -0.3 is 5.32 Å². The second-order valence-corrected chi connectivity index (χ2v) is 5.98. The van der Waals surface area contributed by atoms with Gasteiger partial charge in [-0.3, -0.25) is 15.1 Å². The summed E-state index contributed by atoms with van der Waals surface area (Å²) in [7, 11) is 0. The van der Waals surface area contributed by atoms with Crippen molar-refractivity contribution in [2.45, 2.75) is 13.5 Å². The van der Waals surface area contributed by atoms with Crippen molar-refractivity contribution in [3.05, 3.63) is 95.6 Å². The zero-order valence-electron chi connectivity index (χ0n) is 14.8. The number of rotatable bonds is 4. The molecule has 1 aromatic heterocycles. The van der Waals surface area contributed by atoms with Crippen LogP contribution in [0.15, 0.2) is 78.0 Å². The topological polar surface area (TPSA) is 66.4 Å². The summed E-state index contributed by atoms with van der Waals surface area (Å²) in [5, 5.41) is 5.87. The minimum Gasteiger partial charge on any atom is -0.326 e. The van der Waals surface area contributed by atoms with E-state index in [2.05, 4.69) is 20.6 Å². The lowest BCUT2D eigenvalue weighted by atomic mass is 10.2. The van der Waals surface area contributed by atoms with Gasteiger partial charge in [0, 0.05) is 23.6 Å². The summed E-state index contributed by atoms with van der Waals surface area (Å²) >= 11 is 0. The average Bonchev–Trinajstić information content (AvgIpc) is 2.67. The molecular weight excluding hydrogens is 343 g/mol. The molecule has 0 fully saturated rings. The van der Waals surface area contributed by atoms with Gasteiger partial charge in [-0.15, -0.1) is 0 Å². The quantitative estimate of drug-likeness (QED) is 0.546. The number of carbonyl (C=O) groups excluding carboxylic acids is 1. The first kappa shape index (κ1) is 18.3. The first-order valence-corrected chi connectivity index (χ1v) is 8.44. The molecule has 1 heterocycles. The van der Waals surface area contributed by atoms with Crippen LogP contribution in [0.25, 0.3) is 0 Å². The molecule has 0 saturated carbocycles. The molecule has 0 radical (unpaired) electrons. The van der Waals surface area contributed by atoms with Crippen molar-refractivity contribution in [3.8, 4) is 0 Å². The second kappa shape index (κ2) is 8.71. The van der Waals surface area contributed by atoms with Crippen LogP contribution in [0.2, 0.25) is 0 Å². The highest BCUT2D eigenvalue weighted by Crippen LogP contribution is 2.10. The maximum atomic E-state index is 13.1. The zero-order valence-corrected chi connectivity index (χ0v) is 14.8. The smallest absolute Gasteiger partial charge is 0.257 e. The van der Waals surface area contributed by atoms with Crippen molar-refractivity contribution < 1.29 is 9.18 Å². The number of aliphatic imine (C=N–C) groups is 1. The molecule has 0 aliphatic rings. The van der Waals surface area contributed by atoms with E-state index in [-0.39, 0.29) is 5.91 Å². The number of carbonyl (C=O) groups is 1. The van der Waals surface area contributed by atoms with Crippen LogP contribution < -0.4 is 10.6 Å². The number of hydrogen-bond donors (Lipinski definition) is 2. The Kier molecular flexibility index (Phi) is 5.89. The Hall–Kier alpha value is -3.54.